The molecular formula is C20H21FN4O2. The number of rotatable bonds is 5. The maximum absolute atomic E-state index is 13.6. The molecule has 1 aliphatic heterocycles. The van der Waals surface area contributed by atoms with Gasteiger partial charge in [0, 0.05) is 19.6 Å². The van der Waals surface area contributed by atoms with Crippen LogP contribution in [0.5, 0.6) is 0 Å². The van der Waals surface area contributed by atoms with Gasteiger partial charge in [0.05, 0.1) is 18.8 Å². The zero-order valence-electron chi connectivity index (χ0n) is 14.8. The van der Waals surface area contributed by atoms with Crippen molar-refractivity contribution in [3.05, 3.63) is 65.5 Å². The van der Waals surface area contributed by atoms with Gasteiger partial charge < -0.3 is 20.3 Å². The first-order valence-electron chi connectivity index (χ1n) is 8.81. The van der Waals surface area contributed by atoms with Gasteiger partial charge in [-0.25, -0.2) is 9.18 Å². The molecule has 1 atom stereocenters. The van der Waals surface area contributed by atoms with Crippen LogP contribution in [0, 0.1) is 17.1 Å². The minimum atomic E-state index is -0.563. The van der Waals surface area contributed by atoms with E-state index in [4.69, 9.17) is 10.00 Å². The Morgan fingerprint density at radius 2 is 2.04 bits per heavy atom. The second-order valence-electron chi connectivity index (χ2n) is 6.15. The quantitative estimate of drug-likeness (QED) is 0.796. The van der Waals surface area contributed by atoms with Crippen molar-refractivity contribution in [2.24, 2.45) is 0 Å². The summed E-state index contributed by atoms with van der Waals surface area (Å²) in [6, 6.07) is 15.9. The minimum Gasteiger partial charge on any atom is -0.382 e. The van der Waals surface area contributed by atoms with Gasteiger partial charge in [0.15, 0.2) is 0 Å². The molecule has 1 aliphatic rings. The third-order valence-corrected chi connectivity index (χ3v) is 4.37. The van der Waals surface area contributed by atoms with Crippen molar-refractivity contribution in [1.29, 1.82) is 5.26 Å². The lowest BCUT2D eigenvalue weighted by molar-refractivity contribution is -0.0153. The van der Waals surface area contributed by atoms with Gasteiger partial charge in [-0.2, -0.15) is 5.26 Å². The van der Waals surface area contributed by atoms with E-state index in [-0.39, 0.29) is 17.7 Å². The van der Waals surface area contributed by atoms with Gasteiger partial charge in [0.2, 0.25) is 0 Å². The van der Waals surface area contributed by atoms with E-state index in [9.17, 15) is 9.18 Å². The number of nitrogens with zero attached hydrogens (tertiary/aromatic N) is 2. The number of hydrogen-bond acceptors (Lipinski definition) is 4. The summed E-state index contributed by atoms with van der Waals surface area (Å²) in [5.74, 6) is -0.563. The Morgan fingerprint density at radius 1 is 1.22 bits per heavy atom. The van der Waals surface area contributed by atoms with Crippen molar-refractivity contribution >= 4 is 11.7 Å². The highest BCUT2D eigenvalue weighted by Gasteiger charge is 2.25. The molecule has 3 rings (SSSR count). The third-order valence-electron chi connectivity index (χ3n) is 4.37. The predicted molar refractivity (Wildman–Crippen MR) is 99.7 cm³/mol. The number of carbonyl (C=O) groups is 1. The van der Waals surface area contributed by atoms with Crippen molar-refractivity contribution in [2.45, 2.75) is 6.10 Å². The average Bonchev–Trinajstić information content (AvgIpc) is 2.72. The molecule has 2 N–H and O–H groups in total. The molecule has 0 unspecified atom stereocenters. The van der Waals surface area contributed by atoms with Gasteiger partial charge in [-0.15, -0.1) is 0 Å². The van der Waals surface area contributed by atoms with Crippen LogP contribution in [0.4, 0.5) is 14.9 Å². The topological polar surface area (TPSA) is 77.4 Å². The monoisotopic (exact) mass is 368 g/mol. The first-order chi connectivity index (χ1) is 13.2. The Bertz CT molecular complexity index is 822. The maximum atomic E-state index is 13.6. The Labute approximate surface area is 157 Å². The number of nitriles is 1. The number of halogens is 1. The van der Waals surface area contributed by atoms with Crippen LogP contribution in [0.15, 0.2) is 48.5 Å². The maximum Gasteiger partial charge on any atom is 0.317 e. The van der Waals surface area contributed by atoms with Crippen LogP contribution in [-0.2, 0) is 4.74 Å². The predicted octanol–water partition coefficient (Wildman–Crippen LogP) is 2.89. The summed E-state index contributed by atoms with van der Waals surface area (Å²) in [4.78, 5) is 14.1. The van der Waals surface area contributed by atoms with Crippen LogP contribution < -0.4 is 10.6 Å². The molecule has 0 aromatic heterocycles. The van der Waals surface area contributed by atoms with Crippen LogP contribution in [0.25, 0.3) is 0 Å². The van der Waals surface area contributed by atoms with E-state index in [1.54, 1.807) is 11.0 Å². The Morgan fingerprint density at radius 3 is 2.81 bits per heavy atom. The number of hydrogen-bond donors (Lipinski definition) is 2. The molecule has 0 saturated carbocycles. The molecule has 2 aromatic carbocycles. The number of anilines is 1. The standard InChI is InChI=1S/C20H21FN4O2/c21-17-7-4-8-18(16(17)13-22)23-9-10-24-20(26)25-11-12-27-19(14-25)15-5-2-1-3-6-15/h1-8,19,23H,9-12,14H2,(H,24,26)/t19-/m0/s1. The van der Waals surface area contributed by atoms with E-state index in [1.165, 1.54) is 12.1 Å². The second-order valence-corrected chi connectivity index (χ2v) is 6.15. The first-order valence-corrected chi connectivity index (χ1v) is 8.81. The summed E-state index contributed by atoms with van der Waals surface area (Å²) in [7, 11) is 0. The van der Waals surface area contributed by atoms with Gasteiger partial charge in [-0.05, 0) is 17.7 Å². The van der Waals surface area contributed by atoms with Gasteiger partial charge in [0.25, 0.3) is 0 Å². The van der Waals surface area contributed by atoms with Crippen LogP contribution in [0.1, 0.15) is 17.2 Å². The van der Waals surface area contributed by atoms with Gasteiger partial charge in [-0.1, -0.05) is 36.4 Å². The minimum absolute atomic E-state index is 0.0253. The Kier molecular flexibility index (Phi) is 6.23. The van der Waals surface area contributed by atoms with Crippen LogP contribution in [0.2, 0.25) is 0 Å². The first kappa shape index (κ1) is 18.7. The average molecular weight is 368 g/mol. The van der Waals surface area contributed by atoms with Crippen LogP contribution >= 0.6 is 0 Å². The molecule has 7 heteroatoms. The van der Waals surface area contributed by atoms with E-state index in [2.05, 4.69) is 10.6 Å². The molecule has 6 nitrogen and oxygen atoms in total. The highest BCUT2D eigenvalue weighted by Crippen LogP contribution is 2.22. The molecular weight excluding hydrogens is 347 g/mol. The highest BCUT2D eigenvalue weighted by atomic mass is 19.1. The second kappa shape index (κ2) is 9.01. The molecule has 2 amide bonds. The summed E-state index contributed by atoms with van der Waals surface area (Å²) < 4.78 is 19.3. The van der Waals surface area contributed by atoms with E-state index in [0.29, 0.717) is 38.5 Å². The molecule has 0 aliphatic carbocycles. The van der Waals surface area contributed by atoms with E-state index >= 15 is 0 Å². The fraction of sp³-hybridized carbons (Fsp3) is 0.300. The van der Waals surface area contributed by atoms with Crippen molar-refractivity contribution < 1.29 is 13.9 Å². The molecule has 0 bridgehead atoms. The molecule has 1 fully saturated rings. The summed E-state index contributed by atoms with van der Waals surface area (Å²) >= 11 is 0. The fourth-order valence-electron chi connectivity index (χ4n) is 2.97. The summed E-state index contributed by atoms with van der Waals surface area (Å²) in [5.41, 5.74) is 1.44. The Balaban J connectivity index is 1.47. The summed E-state index contributed by atoms with van der Waals surface area (Å²) in [6.45, 7) is 2.25. The van der Waals surface area contributed by atoms with Crippen molar-refractivity contribution in [2.75, 3.05) is 38.1 Å². The van der Waals surface area contributed by atoms with Crippen molar-refractivity contribution in [3.8, 4) is 6.07 Å². The molecule has 0 radical (unpaired) electrons. The summed E-state index contributed by atoms with van der Waals surface area (Å²) in [6.07, 6.45) is -0.130. The van der Waals surface area contributed by atoms with Crippen molar-refractivity contribution in [1.82, 2.24) is 10.2 Å². The van der Waals surface area contributed by atoms with E-state index in [0.717, 1.165) is 5.56 Å². The third kappa shape index (κ3) is 4.74. The molecule has 1 saturated heterocycles. The largest absolute Gasteiger partial charge is 0.382 e. The number of morpholine rings is 1. The lowest BCUT2D eigenvalue weighted by atomic mass is 10.1. The van der Waals surface area contributed by atoms with Crippen LogP contribution in [0.3, 0.4) is 0 Å². The number of urea groups is 1. The molecule has 140 valence electrons. The lowest BCUT2D eigenvalue weighted by Crippen LogP contribution is -2.48. The zero-order valence-corrected chi connectivity index (χ0v) is 14.8. The van der Waals surface area contributed by atoms with Gasteiger partial charge in [-0.3, -0.25) is 0 Å². The highest BCUT2D eigenvalue weighted by molar-refractivity contribution is 5.74. The molecule has 27 heavy (non-hydrogen) atoms. The molecule has 1 heterocycles. The van der Waals surface area contributed by atoms with E-state index in [1.807, 2.05) is 36.4 Å². The number of carbonyl (C=O) groups excluding carboxylic acids is 1. The fourth-order valence-corrected chi connectivity index (χ4v) is 2.97. The lowest BCUT2D eigenvalue weighted by Gasteiger charge is -2.33. The van der Waals surface area contributed by atoms with E-state index < -0.39 is 5.82 Å². The molecule has 0 spiro atoms. The van der Waals surface area contributed by atoms with Crippen molar-refractivity contribution in [3.63, 3.8) is 0 Å². The smallest absolute Gasteiger partial charge is 0.317 e. The zero-order chi connectivity index (χ0) is 19.1. The normalized spacial score (nSPS) is 16.4. The summed E-state index contributed by atoms with van der Waals surface area (Å²) in [5, 5.41) is 14.8. The number of benzene rings is 2. The van der Waals surface area contributed by atoms with Gasteiger partial charge >= 0.3 is 6.03 Å². The van der Waals surface area contributed by atoms with Gasteiger partial charge in [0.1, 0.15) is 23.6 Å². The molecule has 2 aromatic rings. The SMILES string of the molecule is N#Cc1c(F)cccc1NCCNC(=O)N1CCO[C@H](c2ccccc2)C1. The number of ether oxygens (including phenoxy) is 1. The van der Waals surface area contributed by atoms with Crippen LogP contribution in [-0.4, -0.2) is 43.7 Å². The Hall–Kier alpha value is -3.11. The number of amides is 2. The number of nitrogens with one attached hydrogen (secondary N) is 2.